The van der Waals surface area contributed by atoms with Crippen LogP contribution in [0.1, 0.15) is 26.7 Å². The van der Waals surface area contributed by atoms with Crippen LogP contribution in [0.15, 0.2) is 12.1 Å². The number of nitrogens with two attached hydrogens (primary N) is 1. The lowest BCUT2D eigenvalue weighted by Gasteiger charge is -2.34. The van der Waals surface area contributed by atoms with E-state index in [0.717, 1.165) is 23.7 Å². The number of hydrogen-bond acceptors (Lipinski definition) is 4. The second-order valence-electron chi connectivity index (χ2n) is 5.33. The first-order valence-corrected chi connectivity index (χ1v) is 6.29. The lowest BCUT2D eigenvalue weighted by atomic mass is 10.0. The summed E-state index contributed by atoms with van der Waals surface area (Å²) in [6, 6.07) is 3.81. The molecule has 1 saturated heterocycles. The molecular weight excluding hydrogens is 228 g/mol. The van der Waals surface area contributed by atoms with Crippen LogP contribution in [-0.2, 0) is 0 Å². The van der Waals surface area contributed by atoms with E-state index >= 15 is 0 Å². The van der Waals surface area contributed by atoms with Crippen molar-refractivity contribution in [2.75, 3.05) is 31.4 Å². The zero-order valence-corrected chi connectivity index (χ0v) is 11.6. The van der Waals surface area contributed by atoms with Crippen molar-refractivity contribution in [1.82, 2.24) is 0 Å². The predicted octanol–water partition coefficient (Wildman–Crippen LogP) is 2.66. The molecule has 0 spiro atoms. The van der Waals surface area contributed by atoms with Crippen LogP contribution >= 0.6 is 0 Å². The Balaban J connectivity index is 2.45. The summed E-state index contributed by atoms with van der Waals surface area (Å²) in [5, 5.41) is 0. The van der Waals surface area contributed by atoms with Crippen molar-refractivity contribution < 1.29 is 9.47 Å². The molecule has 0 bridgehead atoms. The van der Waals surface area contributed by atoms with Gasteiger partial charge in [-0.05, 0) is 26.7 Å². The molecule has 0 amide bonds. The predicted molar refractivity (Wildman–Crippen MR) is 74.6 cm³/mol. The van der Waals surface area contributed by atoms with Crippen LogP contribution in [0, 0.1) is 0 Å². The monoisotopic (exact) mass is 250 g/mol. The number of rotatable bonds is 3. The average molecular weight is 250 g/mol. The summed E-state index contributed by atoms with van der Waals surface area (Å²) in [5.41, 5.74) is 8.07. The molecule has 1 heterocycles. The highest BCUT2D eigenvalue weighted by atomic mass is 16.5. The van der Waals surface area contributed by atoms with Crippen LogP contribution in [-0.4, -0.2) is 26.3 Å². The van der Waals surface area contributed by atoms with Gasteiger partial charge in [-0.1, -0.05) is 0 Å². The van der Waals surface area contributed by atoms with Crippen molar-refractivity contribution >= 4 is 11.4 Å². The Morgan fingerprint density at radius 1 is 1.17 bits per heavy atom. The highest BCUT2D eigenvalue weighted by Gasteiger charge is 2.33. The molecule has 0 aromatic heterocycles. The molecule has 100 valence electrons. The molecule has 1 fully saturated rings. The van der Waals surface area contributed by atoms with Crippen molar-refractivity contribution in [3.05, 3.63) is 12.1 Å². The zero-order valence-electron chi connectivity index (χ0n) is 11.6. The summed E-state index contributed by atoms with van der Waals surface area (Å²) < 4.78 is 10.6. The minimum Gasteiger partial charge on any atom is -0.493 e. The maximum absolute atomic E-state index is 6.14. The van der Waals surface area contributed by atoms with E-state index in [2.05, 4.69) is 18.7 Å². The highest BCUT2D eigenvalue weighted by Crippen LogP contribution is 2.42. The lowest BCUT2D eigenvalue weighted by Crippen LogP contribution is -2.38. The van der Waals surface area contributed by atoms with Gasteiger partial charge in [0.25, 0.3) is 0 Å². The first-order valence-electron chi connectivity index (χ1n) is 6.29. The number of benzene rings is 1. The van der Waals surface area contributed by atoms with Gasteiger partial charge in [-0.3, -0.25) is 0 Å². The van der Waals surface area contributed by atoms with Gasteiger partial charge in [0.15, 0.2) is 11.5 Å². The number of hydrogen-bond donors (Lipinski definition) is 1. The molecule has 1 aliphatic rings. The number of methoxy groups -OCH3 is 2. The van der Waals surface area contributed by atoms with Crippen molar-refractivity contribution in [2.45, 2.75) is 32.2 Å². The normalized spacial score (nSPS) is 17.9. The molecule has 0 radical (unpaired) electrons. The summed E-state index contributed by atoms with van der Waals surface area (Å²) >= 11 is 0. The maximum Gasteiger partial charge on any atom is 0.162 e. The molecule has 4 heteroatoms. The smallest absolute Gasteiger partial charge is 0.162 e. The molecule has 18 heavy (non-hydrogen) atoms. The van der Waals surface area contributed by atoms with Gasteiger partial charge in [0.2, 0.25) is 0 Å². The fourth-order valence-electron chi connectivity index (χ4n) is 2.67. The van der Waals surface area contributed by atoms with E-state index in [1.165, 1.54) is 12.8 Å². The molecule has 1 aromatic carbocycles. The molecule has 0 saturated carbocycles. The average Bonchev–Trinajstić information content (AvgIpc) is 2.68. The number of anilines is 2. The number of nitrogens with zero attached hydrogens (tertiary/aromatic N) is 1. The standard InChI is InChI=1S/C14H22N2O2/c1-14(2)6-5-7-16(14)11-9-13(18-4)12(17-3)8-10(11)15/h8-9H,5-7,15H2,1-4H3. The molecule has 0 unspecified atom stereocenters. The third-order valence-corrected chi connectivity index (χ3v) is 3.72. The number of nitrogen functional groups attached to an aromatic ring is 1. The second kappa shape index (κ2) is 4.59. The van der Waals surface area contributed by atoms with Gasteiger partial charge in [0.1, 0.15) is 0 Å². The molecule has 2 N–H and O–H groups in total. The number of ether oxygens (including phenoxy) is 2. The quantitative estimate of drug-likeness (QED) is 0.838. The van der Waals surface area contributed by atoms with Crippen molar-refractivity contribution in [1.29, 1.82) is 0 Å². The maximum atomic E-state index is 6.14. The van der Waals surface area contributed by atoms with Gasteiger partial charge in [-0.25, -0.2) is 0 Å². The minimum atomic E-state index is 0.147. The molecule has 0 aliphatic carbocycles. The Labute approximate surface area is 109 Å². The van der Waals surface area contributed by atoms with Gasteiger partial charge >= 0.3 is 0 Å². The summed E-state index contributed by atoms with van der Waals surface area (Å²) in [4.78, 5) is 2.35. The SMILES string of the molecule is COc1cc(N)c(N2CCCC2(C)C)cc1OC. The van der Waals surface area contributed by atoms with E-state index in [1.54, 1.807) is 14.2 Å². The van der Waals surface area contributed by atoms with Gasteiger partial charge in [0, 0.05) is 24.2 Å². The molecule has 1 aliphatic heterocycles. The first-order chi connectivity index (χ1) is 8.49. The summed E-state index contributed by atoms with van der Waals surface area (Å²) in [6.45, 7) is 5.53. The van der Waals surface area contributed by atoms with E-state index in [4.69, 9.17) is 15.2 Å². The second-order valence-corrected chi connectivity index (χ2v) is 5.33. The van der Waals surface area contributed by atoms with E-state index < -0.39 is 0 Å². The van der Waals surface area contributed by atoms with E-state index in [0.29, 0.717) is 5.75 Å². The van der Waals surface area contributed by atoms with Crippen LogP contribution in [0.5, 0.6) is 11.5 Å². The van der Waals surface area contributed by atoms with Gasteiger partial charge < -0.3 is 20.1 Å². The first kappa shape index (κ1) is 12.9. The third kappa shape index (κ3) is 2.07. The van der Waals surface area contributed by atoms with Crippen LogP contribution < -0.4 is 20.1 Å². The third-order valence-electron chi connectivity index (χ3n) is 3.72. The largest absolute Gasteiger partial charge is 0.493 e. The molecular formula is C14H22N2O2. The topological polar surface area (TPSA) is 47.7 Å². The van der Waals surface area contributed by atoms with Crippen molar-refractivity contribution in [3.8, 4) is 11.5 Å². The van der Waals surface area contributed by atoms with Gasteiger partial charge in [-0.2, -0.15) is 0 Å². The van der Waals surface area contributed by atoms with Crippen LogP contribution in [0.4, 0.5) is 11.4 Å². The van der Waals surface area contributed by atoms with E-state index in [1.807, 2.05) is 12.1 Å². The highest BCUT2D eigenvalue weighted by molar-refractivity contribution is 5.74. The van der Waals surface area contributed by atoms with Crippen molar-refractivity contribution in [3.63, 3.8) is 0 Å². The Morgan fingerprint density at radius 3 is 2.28 bits per heavy atom. The van der Waals surface area contributed by atoms with Crippen LogP contribution in [0.2, 0.25) is 0 Å². The van der Waals surface area contributed by atoms with Crippen molar-refractivity contribution in [2.24, 2.45) is 0 Å². The Morgan fingerprint density at radius 2 is 1.78 bits per heavy atom. The summed E-state index contributed by atoms with van der Waals surface area (Å²) in [7, 11) is 3.27. The Hall–Kier alpha value is -1.58. The molecule has 4 nitrogen and oxygen atoms in total. The lowest BCUT2D eigenvalue weighted by molar-refractivity contribution is 0.355. The van der Waals surface area contributed by atoms with E-state index in [9.17, 15) is 0 Å². The molecule has 2 rings (SSSR count). The van der Waals surface area contributed by atoms with Crippen LogP contribution in [0.3, 0.4) is 0 Å². The minimum absolute atomic E-state index is 0.147. The summed E-state index contributed by atoms with van der Waals surface area (Å²) in [6.07, 6.45) is 2.38. The summed E-state index contributed by atoms with van der Waals surface area (Å²) in [5.74, 6) is 1.40. The zero-order chi connectivity index (χ0) is 13.3. The molecule has 0 atom stereocenters. The van der Waals surface area contributed by atoms with Gasteiger partial charge in [-0.15, -0.1) is 0 Å². The Bertz CT molecular complexity index is 444. The van der Waals surface area contributed by atoms with Crippen LogP contribution in [0.25, 0.3) is 0 Å². The Kier molecular flexibility index (Phi) is 3.28. The fourth-order valence-corrected chi connectivity index (χ4v) is 2.67. The van der Waals surface area contributed by atoms with E-state index in [-0.39, 0.29) is 5.54 Å². The molecule has 1 aromatic rings. The fraction of sp³-hybridized carbons (Fsp3) is 0.571. The van der Waals surface area contributed by atoms with Gasteiger partial charge in [0.05, 0.1) is 25.6 Å².